The van der Waals surface area contributed by atoms with Crippen molar-refractivity contribution in [3.8, 4) is 0 Å². The van der Waals surface area contributed by atoms with Gasteiger partial charge in [-0.2, -0.15) is 4.31 Å². The van der Waals surface area contributed by atoms with E-state index >= 15 is 0 Å². The maximum absolute atomic E-state index is 13.8. The van der Waals surface area contributed by atoms with Crippen molar-refractivity contribution in [2.45, 2.75) is 37.6 Å². The predicted molar refractivity (Wildman–Crippen MR) is 144 cm³/mol. The Morgan fingerprint density at radius 1 is 1.00 bits per heavy atom. The van der Waals surface area contributed by atoms with Crippen molar-refractivity contribution in [2.75, 3.05) is 18.0 Å². The predicted octanol–water partition coefficient (Wildman–Crippen LogP) is 5.77. The second kappa shape index (κ2) is 10.9. The van der Waals surface area contributed by atoms with Gasteiger partial charge in [-0.3, -0.25) is 9.69 Å². The maximum atomic E-state index is 13.8. The lowest BCUT2D eigenvalue weighted by molar-refractivity contribution is -0.123. The van der Waals surface area contributed by atoms with E-state index in [0.29, 0.717) is 30.6 Å². The summed E-state index contributed by atoms with van der Waals surface area (Å²) >= 11 is 1.47. The molecule has 0 N–H and O–H groups in total. The molecule has 0 atom stereocenters. The van der Waals surface area contributed by atoms with Gasteiger partial charge >= 0.3 is 0 Å². The van der Waals surface area contributed by atoms with Crippen molar-refractivity contribution >= 4 is 42.6 Å². The van der Waals surface area contributed by atoms with Crippen LogP contribution in [0.2, 0.25) is 0 Å². The van der Waals surface area contributed by atoms with Gasteiger partial charge in [-0.15, -0.1) is 0 Å². The summed E-state index contributed by atoms with van der Waals surface area (Å²) in [4.78, 5) is 20.0. The van der Waals surface area contributed by atoms with Crippen LogP contribution in [-0.2, 0) is 27.8 Å². The molecule has 1 saturated heterocycles. The lowest BCUT2D eigenvalue weighted by Gasteiger charge is -2.33. The zero-order valence-corrected chi connectivity index (χ0v) is 22.4. The molecule has 0 radical (unpaired) electrons. The third-order valence-electron chi connectivity index (χ3n) is 6.86. The number of rotatable bonds is 7. The van der Waals surface area contributed by atoms with Crippen molar-refractivity contribution < 1.29 is 22.0 Å². The topological polar surface area (TPSA) is 70.6 Å². The number of halogens is 2. The minimum Gasteiger partial charge on any atom is -0.283 e. The summed E-state index contributed by atoms with van der Waals surface area (Å²) < 4.78 is 55.3. The van der Waals surface area contributed by atoms with Crippen molar-refractivity contribution in [1.29, 1.82) is 0 Å². The number of amides is 1. The van der Waals surface area contributed by atoms with E-state index < -0.39 is 27.6 Å². The second-order valence-electron chi connectivity index (χ2n) is 9.32. The number of carbonyl (C=O) groups excluding carboxylic acids is 1. The molecule has 6 nitrogen and oxygen atoms in total. The fourth-order valence-corrected chi connectivity index (χ4v) is 7.16. The van der Waals surface area contributed by atoms with Crippen molar-refractivity contribution in [1.82, 2.24) is 9.29 Å². The average Bonchev–Trinajstić information content (AvgIpc) is 3.36. The number of sulfonamides is 1. The van der Waals surface area contributed by atoms with Gasteiger partial charge in [0.15, 0.2) is 16.8 Å². The number of piperidine rings is 1. The number of hydrogen-bond acceptors (Lipinski definition) is 5. The lowest BCUT2D eigenvalue weighted by atomic mass is 9.96. The van der Waals surface area contributed by atoms with Crippen LogP contribution in [0.4, 0.5) is 13.9 Å². The van der Waals surface area contributed by atoms with Gasteiger partial charge in [-0.1, -0.05) is 54.7 Å². The van der Waals surface area contributed by atoms with E-state index in [2.05, 4.69) is 13.0 Å². The summed E-state index contributed by atoms with van der Waals surface area (Å²) in [6.07, 6.45) is 1.54. The lowest BCUT2D eigenvalue weighted by Crippen LogP contribution is -2.44. The molecular formula is C28H27F2N3O3S2. The van der Waals surface area contributed by atoms with Crippen molar-refractivity contribution in [2.24, 2.45) is 5.92 Å². The Labute approximate surface area is 224 Å². The van der Waals surface area contributed by atoms with Gasteiger partial charge in [0.05, 0.1) is 21.7 Å². The molecule has 1 amide bonds. The Balaban J connectivity index is 1.37. The van der Waals surface area contributed by atoms with E-state index in [1.54, 1.807) is 4.90 Å². The van der Waals surface area contributed by atoms with Crippen LogP contribution in [-0.4, -0.2) is 36.7 Å². The summed E-state index contributed by atoms with van der Waals surface area (Å²) in [6, 6.07) is 18.4. The Bertz CT molecular complexity index is 1570. The van der Waals surface area contributed by atoms with Crippen LogP contribution >= 0.6 is 11.3 Å². The summed E-state index contributed by atoms with van der Waals surface area (Å²) in [5.74, 6) is -2.82. The first-order chi connectivity index (χ1) is 18.3. The number of carbonyl (C=O) groups is 1. The molecule has 1 fully saturated rings. The first-order valence-electron chi connectivity index (χ1n) is 12.5. The minimum atomic E-state index is -4.00. The van der Waals surface area contributed by atoms with Crippen LogP contribution in [0.3, 0.4) is 0 Å². The number of fused-ring (bicyclic) bond motifs is 1. The normalized spacial score (nSPS) is 15.1. The average molecular weight is 556 g/mol. The van der Waals surface area contributed by atoms with Gasteiger partial charge in [0.25, 0.3) is 0 Å². The van der Waals surface area contributed by atoms with Gasteiger partial charge in [0.1, 0.15) is 0 Å². The Kier molecular flexibility index (Phi) is 7.56. The van der Waals surface area contributed by atoms with Crippen LogP contribution < -0.4 is 4.90 Å². The van der Waals surface area contributed by atoms with E-state index in [0.717, 1.165) is 34.3 Å². The highest BCUT2D eigenvalue weighted by molar-refractivity contribution is 7.89. The maximum Gasteiger partial charge on any atom is 0.243 e. The number of thiazole rings is 1. The van der Waals surface area contributed by atoms with Crippen LogP contribution in [0.25, 0.3) is 10.2 Å². The quantitative estimate of drug-likeness (QED) is 0.290. The molecule has 5 rings (SSSR count). The third kappa shape index (κ3) is 5.34. The second-order valence-corrected chi connectivity index (χ2v) is 12.3. The molecule has 3 aromatic carbocycles. The molecule has 0 saturated carbocycles. The SMILES string of the molecule is CCc1ccc2nc(N(Cc3ccccc3)C(=O)C3CCN(S(=O)(=O)c4ccc(F)c(F)c4)CC3)sc2c1. The molecule has 0 bridgehead atoms. The Morgan fingerprint density at radius 2 is 1.74 bits per heavy atom. The van der Waals surface area contributed by atoms with E-state index in [9.17, 15) is 22.0 Å². The molecule has 1 aliphatic heterocycles. The molecule has 1 aromatic heterocycles. The van der Waals surface area contributed by atoms with Gasteiger partial charge in [-0.05, 0) is 60.7 Å². The molecule has 10 heteroatoms. The van der Waals surface area contributed by atoms with E-state index in [-0.39, 0.29) is 23.9 Å². The first-order valence-corrected chi connectivity index (χ1v) is 14.7. The van der Waals surface area contributed by atoms with E-state index in [4.69, 9.17) is 4.98 Å². The van der Waals surface area contributed by atoms with Crippen LogP contribution in [0, 0.1) is 17.6 Å². The molecule has 198 valence electrons. The monoisotopic (exact) mass is 555 g/mol. The summed E-state index contributed by atoms with van der Waals surface area (Å²) in [5, 5.41) is 0.610. The summed E-state index contributed by atoms with van der Waals surface area (Å²) in [7, 11) is -4.00. The summed E-state index contributed by atoms with van der Waals surface area (Å²) in [6.45, 7) is 2.66. The molecule has 0 unspecified atom stereocenters. The number of aromatic nitrogens is 1. The molecule has 2 heterocycles. The van der Waals surface area contributed by atoms with Gasteiger partial charge in [0, 0.05) is 19.0 Å². The molecule has 4 aromatic rings. The highest BCUT2D eigenvalue weighted by Gasteiger charge is 2.35. The standard InChI is InChI=1S/C28H27F2N3O3S2/c1-2-19-8-11-25-26(16-19)37-28(31-25)33(18-20-6-4-3-5-7-20)27(34)21-12-14-32(15-13-21)38(35,36)22-9-10-23(29)24(30)17-22/h3-11,16-17,21H,2,12-15,18H2,1H3. The largest absolute Gasteiger partial charge is 0.283 e. The van der Waals surface area contributed by atoms with Crippen molar-refractivity contribution in [3.05, 3.63) is 89.5 Å². The fraction of sp³-hybridized carbons (Fsp3) is 0.286. The minimum absolute atomic E-state index is 0.103. The molecule has 38 heavy (non-hydrogen) atoms. The van der Waals surface area contributed by atoms with Gasteiger partial charge in [-0.25, -0.2) is 22.2 Å². The molecule has 0 spiro atoms. The van der Waals surface area contributed by atoms with Crippen LogP contribution in [0.1, 0.15) is 30.9 Å². The number of benzene rings is 3. The smallest absolute Gasteiger partial charge is 0.243 e. The van der Waals surface area contributed by atoms with Crippen LogP contribution in [0.5, 0.6) is 0 Å². The summed E-state index contributed by atoms with van der Waals surface area (Å²) in [5.41, 5.74) is 3.00. The first kappa shape index (κ1) is 26.4. The number of aryl methyl sites for hydroxylation is 1. The Morgan fingerprint density at radius 3 is 2.42 bits per heavy atom. The highest BCUT2D eigenvalue weighted by Crippen LogP contribution is 2.33. The van der Waals surface area contributed by atoms with Crippen LogP contribution in [0.15, 0.2) is 71.6 Å². The number of anilines is 1. The van der Waals surface area contributed by atoms with Gasteiger partial charge < -0.3 is 0 Å². The zero-order chi connectivity index (χ0) is 26.9. The molecular weight excluding hydrogens is 528 g/mol. The van der Waals surface area contributed by atoms with Crippen molar-refractivity contribution in [3.63, 3.8) is 0 Å². The van der Waals surface area contributed by atoms with E-state index in [1.165, 1.54) is 21.2 Å². The fourth-order valence-electron chi connectivity index (χ4n) is 4.65. The van der Waals surface area contributed by atoms with E-state index in [1.807, 2.05) is 42.5 Å². The molecule has 1 aliphatic rings. The Hall–Kier alpha value is -3.21. The third-order valence-corrected chi connectivity index (χ3v) is 9.80. The zero-order valence-electron chi connectivity index (χ0n) is 20.8. The molecule has 0 aliphatic carbocycles. The van der Waals surface area contributed by atoms with Gasteiger partial charge in [0.2, 0.25) is 15.9 Å². The highest BCUT2D eigenvalue weighted by atomic mass is 32.2. The number of hydrogen-bond donors (Lipinski definition) is 0. The number of nitrogens with zero attached hydrogens (tertiary/aromatic N) is 3.